The second-order valence-corrected chi connectivity index (χ2v) is 11.7. The molecule has 1 amide bonds. The molecule has 5 rings (SSSR count). The summed E-state index contributed by atoms with van der Waals surface area (Å²) in [6.07, 6.45) is 1.83. The number of hydrogen-bond donors (Lipinski definition) is 1. The Morgan fingerprint density at radius 2 is 2.10 bits per heavy atom. The summed E-state index contributed by atoms with van der Waals surface area (Å²) in [6, 6.07) is 13.7. The van der Waals surface area contributed by atoms with E-state index >= 15 is 0 Å². The van der Waals surface area contributed by atoms with Gasteiger partial charge in [-0.2, -0.15) is 5.26 Å². The number of thiophene rings is 1. The zero-order valence-corrected chi connectivity index (χ0v) is 23.3. The van der Waals surface area contributed by atoms with Gasteiger partial charge in [0.15, 0.2) is 0 Å². The maximum Gasteiger partial charge on any atom is 0.410 e. The van der Waals surface area contributed by atoms with Gasteiger partial charge in [-0.3, -0.25) is 0 Å². The summed E-state index contributed by atoms with van der Waals surface area (Å²) in [7, 11) is 0. The van der Waals surface area contributed by atoms with E-state index < -0.39 is 5.60 Å². The molecule has 10 heteroatoms. The topological polar surface area (TPSA) is 87.5 Å². The molecule has 4 aromatic rings. The van der Waals surface area contributed by atoms with Crippen molar-refractivity contribution in [2.75, 3.05) is 11.9 Å². The van der Waals surface area contributed by atoms with Gasteiger partial charge in [0.2, 0.25) is 0 Å². The first-order valence-electron chi connectivity index (χ1n) is 12.4. The Morgan fingerprint density at radius 3 is 2.82 bits per heavy atom. The lowest BCUT2D eigenvalue weighted by Crippen LogP contribution is -2.39. The number of nitriles is 1. The molecular weight excluding hydrogens is 539 g/mol. The normalized spacial score (nSPS) is 13.1. The van der Waals surface area contributed by atoms with Crippen molar-refractivity contribution in [3.63, 3.8) is 0 Å². The van der Waals surface area contributed by atoms with Gasteiger partial charge in [-0.15, -0.1) is 11.3 Å². The number of ether oxygens (including phenoxy) is 2. The fourth-order valence-corrected chi connectivity index (χ4v) is 5.83. The van der Waals surface area contributed by atoms with E-state index in [2.05, 4.69) is 16.4 Å². The van der Waals surface area contributed by atoms with Crippen LogP contribution in [0.15, 0.2) is 48.7 Å². The molecular formula is C29H26ClFN4O3S. The van der Waals surface area contributed by atoms with E-state index in [1.54, 1.807) is 35.4 Å². The lowest BCUT2D eigenvalue weighted by molar-refractivity contribution is 0.0227. The van der Waals surface area contributed by atoms with Crippen LogP contribution < -0.4 is 10.1 Å². The van der Waals surface area contributed by atoms with Crippen molar-refractivity contribution >= 4 is 50.6 Å². The summed E-state index contributed by atoms with van der Waals surface area (Å²) in [6.45, 7) is 6.65. The number of fused-ring (bicyclic) bond motifs is 3. The Kier molecular flexibility index (Phi) is 7.34. The number of benzene rings is 2. The maximum atomic E-state index is 13.5. The third-order valence-electron chi connectivity index (χ3n) is 6.13. The Bertz CT molecular complexity index is 1610. The molecule has 1 aliphatic heterocycles. The second-order valence-electron chi connectivity index (χ2n) is 10.2. The molecule has 0 saturated heterocycles. The number of nitrogens with zero attached hydrogens (tertiary/aromatic N) is 3. The van der Waals surface area contributed by atoms with Gasteiger partial charge in [0.1, 0.15) is 34.7 Å². The van der Waals surface area contributed by atoms with Crippen molar-refractivity contribution in [1.82, 2.24) is 9.88 Å². The monoisotopic (exact) mass is 564 g/mol. The molecule has 0 aliphatic carbocycles. The van der Waals surface area contributed by atoms with E-state index in [1.165, 1.54) is 23.5 Å². The van der Waals surface area contributed by atoms with Gasteiger partial charge in [0.05, 0.1) is 22.8 Å². The van der Waals surface area contributed by atoms with Crippen LogP contribution in [0.3, 0.4) is 0 Å². The molecule has 0 atom stereocenters. The van der Waals surface area contributed by atoms with Gasteiger partial charge in [0, 0.05) is 28.7 Å². The van der Waals surface area contributed by atoms with Crippen LogP contribution in [0, 0.1) is 17.1 Å². The van der Waals surface area contributed by atoms with Crippen LogP contribution in [0.1, 0.15) is 42.3 Å². The van der Waals surface area contributed by atoms with Crippen LogP contribution in [-0.2, 0) is 24.3 Å². The summed E-state index contributed by atoms with van der Waals surface area (Å²) in [5, 5.41) is 14.5. The van der Waals surface area contributed by atoms with E-state index in [0.717, 1.165) is 20.7 Å². The molecule has 0 spiro atoms. The number of aromatic nitrogens is 1. The minimum absolute atomic E-state index is 0.176. The third kappa shape index (κ3) is 5.92. The van der Waals surface area contributed by atoms with Gasteiger partial charge in [0.25, 0.3) is 0 Å². The average Bonchev–Trinajstić information content (AvgIpc) is 3.26. The molecule has 0 unspecified atom stereocenters. The first-order chi connectivity index (χ1) is 18.6. The van der Waals surface area contributed by atoms with Crippen molar-refractivity contribution in [2.24, 2.45) is 0 Å². The van der Waals surface area contributed by atoms with Gasteiger partial charge in [-0.1, -0.05) is 23.7 Å². The van der Waals surface area contributed by atoms with Crippen LogP contribution in [-0.4, -0.2) is 28.1 Å². The summed E-state index contributed by atoms with van der Waals surface area (Å²) >= 11 is 8.02. The highest BCUT2D eigenvalue weighted by atomic mass is 35.5. The third-order valence-corrected chi connectivity index (χ3v) is 7.55. The minimum atomic E-state index is -0.570. The first-order valence-corrected chi connectivity index (χ1v) is 13.6. The zero-order valence-electron chi connectivity index (χ0n) is 21.7. The first kappa shape index (κ1) is 26.7. The number of carbonyl (C=O) groups is 1. The molecule has 3 heterocycles. The summed E-state index contributed by atoms with van der Waals surface area (Å²) in [5.74, 6) is 0.133. The largest absolute Gasteiger partial charge is 0.487 e. The summed E-state index contributed by atoms with van der Waals surface area (Å²) < 4.78 is 24.8. The number of anilines is 2. The molecule has 200 valence electrons. The van der Waals surface area contributed by atoms with Crippen LogP contribution in [0.2, 0.25) is 5.02 Å². The van der Waals surface area contributed by atoms with Crippen LogP contribution in [0.5, 0.6) is 5.75 Å². The van der Waals surface area contributed by atoms with E-state index in [4.69, 9.17) is 21.1 Å². The molecule has 1 N–H and O–H groups in total. The van der Waals surface area contributed by atoms with E-state index in [1.807, 2.05) is 26.8 Å². The number of pyridine rings is 1. The van der Waals surface area contributed by atoms with Crippen LogP contribution >= 0.6 is 22.9 Å². The van der Waals surface area contributed by atoms with Crippen molar-refractivity contribution in [3.8, 4) is 11.8 Å². The lowest BCUT2D eigenvalue weighted by atomic mass is 10.0. The van der Waals surface area contributed by atoms with Crippen molar-refractivity contribution in [1.29, 1.82) is 5.26 Å². The molecule has 2 aromatic carbocycles. The standard InChI is InChI=1S/C29H26ClFN4O3S/c1-29(2,3)38-28(36)35-10-9-21-24(15-35)39-27-25(21)26(18(13-32)14-33-27)34-20-7-8-23(22(30)12-20)37-16-17-5-4-6-19(31)11-17/h4-8,11-12,14H,9-10,15-16H2,1-3H3,(H,33,34). The molecule has 39 heavy (non-hydrogen) atoms. The number of hydrogen-bond acceptors (Lipinski definition) is 7. The summed E-state index contributed by atoms with van der Waals surface area (Å²) in [5.41, 5.74) is 2.92. The lowest BCUT2D eigenvalue weighted by Gasteiger charge is -2.30. The molecule has 0 radical (unpaired) electrons. The number of halogens is 2. The Balaban J connectivity index is 1.40. The number of nitrogens with one attached hydrogen (secondary N) is 1. The Labute approximate surface area is 234 Å². The van der Waals surface area contributed by atoms with Crippen molar-refractivity contribution in [2.45, 2.75) is 45.9 Å². The van der Waals surface area contributed by atoms with E-state index in [0.29, 0.717) is 52.8 Å². The molecule has 0 saturated carbocycles. The van der Waals surface area contributed by atoms with Crippen molar-refractivity contribution < 1.29 is 18.7 Å². The van der Waals surface area contributed by atoms with Gasteiger partial charge >= 0.3 is 6.09 Å². The predicted molar refractivity (Wildman–Crippen MR) is 150 cm³/mol. The van der Waals surface area contributed by atoms with Crippen molar-refractivity contribution in [3.05, 3.63) is 81.1 Å². The molecule has 0 fully saturated rings. The highest BCUT2D eigenvalue weighted by Crippen LogP contribution is 2.41. The highest BCUT2D eigenvalue weighted by molar-refractivity contribution is 7.19. The molecule has 2 aromatic heterocycles. The van der Waals surface area contributed by atoms with E-state index in [9.17, 15) is 14.4 Å². The van der Waals surface area contributed by atoms with Gasteiger partial charge in [-0.05, 0) is 68.7 Å². The van der Waals surface area contributed by atoms with Gasteiger partial charge in [-0.25, -0.2) is 14.2 Å². The maximum absolute atomic E-state index is 13.5. The highest BCUT2D eigenvalue weighted by Gasteiger charge is 2.29. The summed E-state index contributed by atoms with van der Waals surface area (Å²) in [4.78, 5) is 20.7. The number of rotatable bonds is 5. The predicted octanol–water partition coefficient (Wildman–Crippen LogP) is 7.58. The quantitative estimate of drug-likeness (QED) is 0.269. The Morgan fingerprint density at radius 1 is 1.28 bits per heavy atom. The second kappa shape index (κ2) is 10.7. The fourth-order valence-electron chi connectivity index (χ4n) is 4.38. The SMILES string of the molecule is CC(C)(C)OC(=O)N1CCc2c(sc3ncc(C#N)c(Nc4ccc(OCc5cccc(F)c5)c(Cl)c4)c23)C1. The minimum Gasteiger partial charge on any atom is -0.487 e. The average molecular weight is 565 g/mol. The molecule has 1 aliphatic rings. The molecule has 0 bridgehead atoms. The Hall–Kier alpha value is -3.87. The van der Waals surface area contributed by atoms with Gasteiger partial charge < -0.3 is 19.7 Å². The number of amides is 1. The number of carbonyl (C=O) groups excluding carboxylic acids is 1. The van der Waals surface area contributed by atoms with Crippen LogP contribution in [0.25, 0.3) is 10.2 Å². The van der Waals surface area contributed by atoms with E-state index in [-0.39, 0.29) is 18.5 Å². The zero-order chi connectivity index (χ0) is 27.7. The molecule has 7 nitrogen and oxygen atoms in total. The van der Waals surface area contributed by atoms with Crippen LogP contribution in [0.4, 0.5) is 20.6 Å². The fraction of sp³-hybridized carbons (Fsp3) is 0.276. The smallest absolute Gasteiger partial charge is 0.410 e.